The van der Waals surface area contributed by atoms with Crippen LogP contribution in [0, 0.1) is 0 Å². The summed E-state index contributed by atoms with van der Waals surface area (Å²) >= 11 is 4.38. The number of benzene rings is 2. The van der Waals surface area contributed by atoms with Crippen LogP contribution >= 0.6 is 20.6 Å². The second-order valence-corrected chi connectivity index (χ2v) is 7.11. The van der Waals surface area contributed by atoms with Crippen LogP contribution in [0.4, 0.5) is 0 Å². The predicted molar refractivity (Wildman–Crippen MR) is 100.0 cm³/mol. The standard InChI is InChI=1S/C14H15PS.C4H10O/c16-12-11-15(13-7-3-1-4-8-13)14-9-5-2-6-10-14;1-3-5-4-2/h1-10,16H,11-12H2;3-4H2,1-2H3. The molecule has 0 fully saturated rings. The smallest absolute Gasteiger partial charge is 0.0437 e. The zero-order valence-electron chi connectivity index (χ0n) is 12.9. The van der Waals surface area contributed by atoms with Gasteiger partial charge in [0.05, 0.1) is 0 Å². The summed E-state index contributed by atoms with van der Waals surface area (Å²) in [5, 5.41) is 2.88. The molecule has 0 aliphatic carbocycles. The van der Waals surface area contributed by atoms with Gasteiger partial charge in [-0.2, -0.15) is 12.6 Å². The summed E-state index contributed by atoms with van der Waals surface area (Å²) in [6.45, 7) is 5.67. The fraction of sp³-hybridized carbons (Fsp3) is 0.333. The lowest BCUT2D eigenvalue weighted by Crippen LogP contribution is -2.14. The molecule has 0 aliphatic rings. The Labute approximate surface area is 135 Å². The van der Waals surface area contributed by atoms with Gasteiger partial charge in [-0.3, -0.25) is 0 Å². The van der Waals surface area contributed by atoms with Gasteiger partial charge in [-0.05, 0) is 44.3 Å². The van der Waals surface area contributed by atoms with Crippen molar-refractivity contribution in [3.63, 3.8) is 0 Å². The lowest BCUT2D eigenvalue weighted by Gasteiger charge is -2.17. The highest BCUT2D eigenvalue weighted by molar-refractivity contribution is 7.81. The van der Waals surface area contributed by atoms with Crippen LogP contribution in [-0.4, -0.2) is 25.1 Å². The highest BCUT2D eigenvalue weighted by atomic mass is 32.1. The predicted octanol–water partition coefficient (Wildman–Crippen LogP) is 4.09. The molecule has 2 aromatic rings. The number of hydrogen-bond acceptors (Lipinski definition) is 2. The fourth-order valence-corrected chi connectivity index (χ4v) is 4.61. The van der Waals surface area contributed by atoms with Gasteiger partial charge in [0.15, 0.2) is 0 Å². The maximum absolute atomic E-state index is 4.83. The van der Waals surface area contributed by atoms with E-state index in [-0.39, 0.29) is 7.92 Å². The summed E-state index contributed by atoms with van der Waals surface area (Å²) in [5.74, 6) is 0.940. The SMILES string of the molecule is CCOCC.SCCP(c1ccccc1)c1ccccc1. The highest BCUT2D eigenvalue weighted by Crippen LogP contribution is 2.32. The minimum atomic E-state index is -0.227. The Kier molecular flexibility index (Phi) is 10.2. The Balaban J connectivity index is 0.000000383. The molecule has 0 radical (unpaired) electrons. The van der Waals surface area contributed by atoms with Crippen LogP contribution in [0.25, 0.3) is 0 Å². The van der Waals surface area contributed by atoms with E-state index in [4.69, 9.17) is 4.74 Å². The maximum Gasteiger partial charge on any atom is 0.0437 e. The molecule has 0 amide bonds. The molecule has 0 spiro atoms. The average Bonchev–Trinajstić information content (AvgIpc) is 2.56. The molecule has 114 valence electrons. The van der Waals surface area contributed by atoms with Crippen molar-refractivity contribution in [1.82, 2.24) is 0 Å². The van der Waals surface area contributed by atoms with E-state index >= 15 is 0 Å². The van der Waals surface area contributed by atoms with E-state index in [1.807, 2.05) is 13.8 Å². The van der Waals surface area contributed by atoms with Gasteiger partial charge < -0.3 is 4.74 Å². The van der Waals surface area contributed by atoms with Crippen molar-refractivity contribution in [2.45, 2.75) is 13.8 Å². The van der Waals surface area contributed by atoms with E-state index in [1.54, 1.807) is 0 Å². The molecule has 21 heavy (non-hydrogen) atoms. The monoisotopic (exact) mass is 320 g/mol. The maximum atomic E-state index is 4.83. The van der Waals surface area contributed by atoms with Crippen molar-refractivity contribution in [2.75, 3.05) is 25.1 Å². The fourth-order valence-electron chi connectivity index (χ4n) is 1.93. The number of hydrogen-bond donors (Lipinski definition) is 1. The van der Waals surface area contributed by atoms with Gasteiger partial charge in [0.1, 0.15) is 0 Å². The minimum Gasteiger partial charge on any atom is -0.382 e. The number of thiol groups is 1. The van der Waals surface area contributed by atoms with Crippen molar-refractivity contribution in [2.24, 2.45) is 0 Å². The van der Waals surface area contributed by atoms with Crippen LogP contribution in [0.3, 0.4) is 0 Å². The molecule has 0 heterocycles. The Morgan fingerprint density at radius 2 is 1.24 bits per heavy atom. The zero-order valence-corrected chi connectivity index (χ0v) is 14.7. The molecule has 2 aromatic carbocycles. The van der Waals surface area contributed by atoms with Gasteiger partial charge in [0.2, 0.25) is 0 Å². The van der Waals surface area contributed by atoms with Gasteiger partial charge in [-0.25, -0.2) is 0 Å². The molecule has 3 heteroatoms. The van der Waals surface area contributed by atoms with E-state index in [2.05, 4.69) is 73.3 Å². The molecule has 0 aliphatic heterocycles. The normalized spacial score (nSPS) is 10.1. The van der Waals surface area contributed by atoms with E-state index in [0.29, 0.717) is 0 Å². The van der Waals surface area contributed by atoms with Crippen LogP contribution in [0.15, 0.2) is 60.7 Å². The van der Waals surface area contributed by atoms with E-state index in [1.165, 1.54) is 10.6 Å². The zero-order chi connectivity index (χ0) is 15.3. The third-order valence-corrected chi connectivity index (χ3v) is 5.96. The van der Waals surface area contributed by atoms with Gasteiger partial charge >= 0.3 is 0 Å². The third-order valence-electron chi connectivity index (χ3n) is 2.87. The molecule has 1 nitrogen and oxygen atoms in total. The molecule has 2 rings (SSSR count). The Morgan fingerprint density at radius 3 is 1.52 bits per heavy atom. The molecule has 0 atom stereocenters. The third kappa shape index (κ3) is 7.13. The van der Waals surface area contributed by atoms with E-state index in [0.717, 1.165) is 25.1 Å². The Bertz CT molecular complexity index is 420. The Hall–Kier alpha value is -0.820. The van der Waals surface area contributed by atoms with Gasteiger partial charge in [-0.15, -0.1) is 0 Å². The summed E-state index contributed by atoms with van der Waals surface area (Å²) in [7, 11) is -0.227. The van der Waals surface area contributed by atoms with Crippen molar-refractivity contribution in [3.05, 3.63) is 60.7 Å². The van der Waals surface area contributed by atoms with Crippen LogP contribution < -0.4 is 10.6 Å². The lowest BCUT2D eigenvalue weighted by molar-refractivity contribution is 0.162. The summed E-state index contributed by atoms with van der Waals surface area (Å²) in [6.07, 6.45) is 1.15. The van der Waals surface area contributed by atoms with Crippen LogP contribution in [0.5, 0.6) is 0 Å². The molecule has 0 saturated carbocycles. The quantitative estimate of drug-likeness (QED) is 0.623. The minimum absolute atomic E-state index is 0.227. The largest absolute Gasteiger partial charge is 0.382 e. The number of ether oxygens (including phenoxy) is 1. The summed E-state index contributed by atoms with van der Waals surface area (Å²) in [4.78, 5) is 0. The van der Waals surface area contributed by atoms with E-state index < -0.39 is 0 Å². The Morgan fingerprint density at radius 1 is 0.810 bits per heavy atom. The lowest BCUT2D eigenvalue weighted by atomic mass is 10.4. The summed E-state index contributed by atoms with van der Waals surface area (Å²) < 4.78 is 4.83. The number of rotatable bonds is 6. The van der Waals surface area contributed by atoms with Crippen molar-refractivity contribution < 1.29 is 4.74 Å². The van der Waals surface area contributed by atoms with Gasteiger partial charge in [-0.1, -0.05) is 60.7 Å². The summed E-state index contributed by atoms with van der Waals surface area (Å²) in [6, 6.07) is 21.5. The molecule has 0 bridgehead atoms. The molecular weight excluding hydrogens is 295 g/mol. The van der Waals surface area contributed by atoms with Gasteiger partial charge in [0.25, 0.3) is 0 Å². The van der Waals surface area contributed by atoms with E-state index in [9.17, 15) is 0 Å². The van der Waals surface area contributed by atoms with Crippen molar-refractivity contribution in [3.8, 4) is 0 Å². The average molecular weight is 320 g/mol. The molecular formula is C18H25OPS. The first-order valence-electron chi connectivity index (χ1n) is 7.39. The molecule has 0 N–H and O–H groups in total. The summed E-state index contributed by atoms with van der Waals surface area (Å²) in [5.41, 5.74) is 0. The van der Waals surface area contributed by atoms with Crippen LogP contribution in [0.2, 0.25) is 0 Å². The second kappa shape index (κ2) is 11.8. The first kappa shape index (κ1) is 18.2. The van der Waals surface area contributed by atoms with Crippen molar-refractivity contribution in [1.29, 1.82) is 0 Å². The van der Waals surface area contributed by atoms with Gasteiger partial charge in [0, 0.05) is 13.2 Å². The van der Waals surface area contributed by atoms with Crippen LogP contribution in [-0.2, 0) is 4.74 Å². The second-order valence-electron chi connectivity index (χ2n) is 4.33. The first-order valence-corrected chi connectivity index (χ1v) is 9.55. The first-order chi connectivity index (χ1) is 10.3. The topological polar surface area (TPSA) is 9.23 Å². The molecule has 0 unspecified atom stereocenters. The molecule has 0 aromatic heterocycles. The van der Waals surface area contributed by atoms with Crippen molar-refractivity contribution >= 4 is 31.2 Å². The van der Waals surface area contributed by atoms with Crippen LogP contribution in [0.1, 0.15) is 13.8 Å². The molecule has 0 saturated heterocycles. The highest BCUT2D eigenvalue weighted by Gasteiger charge is 2.11.